The third kappa shape index (κ3) is 6.82. The van der Waals surface area contributed by atoms with Crippen molar-refractivity contribution in [3.8, 4) is 0 Å². The van der Waals surface area contributed by atoms with Gasteiger partial charge in [0.1, 0.15) is 12.6 Å². The molecule has 0 radical (unpaired) electrons. The highest BCUT2D eigenvalue weighted by Gasteiger charge is 2.34. The van der Waals surface area contributed by atoms with E-state index in [1.165, 1.54) is 16.7 Å². The lowest BCUT2D eigenvalue weighted by Gasteiger charge is -2.26. The van der Waals surface area contributed by atoms with Gasteiger partial charge in [0.05, 0.1) is 11.7 Å². The number of fused-ring (bicyclic) bond motifs is 1. The Hall–Kier alpha value is -3.37. The molecule has 0 spiro atoms. The van der Waals surface area contributed by atoms with Crippen LogP contribution in [-0.4, -0.2) is 64.9 Å². The number of unbranched alkanes of at least 4 members (excludes halogenated alkanes) is 1. The van der Waals surface area contributed by atoms with Gasteiger partial charge >= 0.3 is 11.9 Å². The Morgan fingerprint density at radius 3 is 2.44 bits per heavy atom. The van der Waals surface area contributed by atoms with Gasteiger partial charge in [-0.1, -0.05) is 30.3 Å². The number of aliphatic carboxylic acids is 2. The van der Waals surface area contributed by atoms with Gasteiger partial charge in [0.2, 0.25) is 5.91 Å². The zero-order valence-corrected chi connectivity index (χ0v) is 19.3. The smallest absolute Gasteiger partial charge is 0.323 e. The predicted octanol–water partition coefficient (Wildman–Crippen LogP) is 2.22. The Bertz CT molecular complexity index is 1030. The van der Waals surface area contributed by atoms with Crippen LogP contribution in [0.5, 0.6) is 0 Å². The van der Waals surface area contributed by atoms with Crippen LogP contribution in [-0.2, 0) is 14.4 Å². The number of carbonyl (C=O) groups is 4. The van der Waals surface area contributed by atoms with Gasteiger partial charge in [0, 0.05) is 22.8 Å². The number of para-hydroxylation sites is 1. The molecule has 2 amide bonds. The van der Waals surface area contributed by atoms with Crippen LogP contribution in [0.25, 0.3) is 0 Å². The van der Waals surface area contributed by atoms with E-state index in [0.29, 0.717) is 30.6 Å². The molecular formula is C24H27N3O6S. The molecule has 0 bridgehead atoms. The van der Waals surface area contributed by atoms with E-state index in [-0.39, 0.29) is 18.1 Å². The average Bonchev–Trinajstić information content (AvgIpc) is 2.95. The molecule has 2 atom stereocenters. The molecule has 9 nitrogen and oxygen atoms in total. The number of benzene rings is 2. The Morgan fingerprint density at radius 2 is 1.74 bits per heavy atom. The van der Waals surface area contributed by atoms with Gasteiger partial charge in [-0.15, -0.1) is 11.8 Å². The topological polar surface area (TPSA) is 136 Å². The fourth-order valence-corrected chi connectivity index (χ4v) is 4.75. The van der Waals surface area contributed by atoms with E-state index < -0.39 is 36.5 Å². The van der Waals surface area contributed by atoms with Crippen molar-refractivity contribution in [1.82, 2.24) is 10.6 Å². The predicted molar refractivity (Wildman–Crippen MR) is 128 cm³/mol. The molecule has 10 heteroatoms. The van der Waals surface area contributed by atoms with Crippen LogP contribution in [0.1, 0.15) is 29.6 Å². The van der Waals surface area contributed by atoms with Crippen molar-refractivity contribution in [2.75, 3.05) is 23.7 Å². The first-order valence-electron chi connectivity index (χ1n) is 10.9. The number of nitrogens with one attached hydrogen (secondary N) is 2. The number of nitrogens with zero attached hydrogens (tertiary/aromatic N) is 1. The molecule has 4 N–H and O–H groups in total. The van der Waals surface area contributed by atoms with Crippen molar-refractivity contribution < 1.29 is 29.4 Å². The van der Waals surface area contributed by atoms with Gasteiger partial charge in [0.25, 0.3) is 5.91 Å². The minimum Gasteiger partial charge on any atom is -0.480 e. The fourth-order valence-electron chi connectivity index (χ4n) is 3.66. The molecule has 1 unspecified atom stereocenters. The maximum atomic E-state index is 13.1. The Balaban J connectivity index is 1.56. The summed E-state index contributed by atoms with van der Waals surface area (Å²) in [5, 5.41) is 24.7. The first kappa shape index (κ1) is 25.3. The van der Waals surface area contributed by atoms with E-state index in [9.17, 15) is 29.4 Å². The maximum absolute atomic E-state index is 13.1. The Labute approximate surface area is 201 Å². The molecule has 1 aliphatic rings. The second-order valence-corrected chi connectivity index (χ2v) is 8.89. The fraction of sp³-hybridized carbons (Fsp3) is 0.333. The quantitative estimate of drug-likeness (QED) is 0.356. The Morgan fingerprint density at radius 1 is 1.03 bits per heavy atom. The van der Waals surface area contributed by atoms with E-state index in [4.69, 9.17) is 0 Å². The number of carboxylic acid groups (broad SMARTS) is 2. The first-order valence-corrected chi connectivity index (χ1v) is 11.9. The summed E-state index contributed by atoms with van der Waals surface area (Å²) in [6, 6.07) is 14.0. The van der Waals surface area contributed by atoms with Gasteiger partial charge in [0.15, 0.2) is 0 Å². The van der Waals surface area contributed by atoms with Crippen molar-refractivity contribution >= 4 is 41.2 Å². The maximum Gasteiger partial charge on any atom is 0.323 e. The zero-order valence-electron chi connectivity index (χ0n) is 18.5. The highest BCUT2D eigenvalue weighted by molar-refractivity contribution is 7.99. The van der Waals surface area contributed by atoms with Gasteiger partial charge in [-0.25, -0.2) is 0 Å². The van der Waals surface area contributed by atoms with E-state index in [2.05, 4.69) is 10.6 Å². The van der Waals surface area contributed by atoms with Crippen LogP contribution in [0, 0.1) is 0 Å². The monoisotopic (exact) mass is 485 g/mol. The van der Waals surface area contributed by atoms with Crippen molar-refractivity contribution in [2.45, 2.75) is 36.2 Å². The third-order valence-corrected chi connectivity index (χ3v) is 6.52. The van der Waals surface area contributed by atoms with Gasteiger partial charge < -0.3 is 15.5 Å². The van der Waals surface area contributed by atoms with Crippen LogP contribution in [0.2, 0.25) is 0 Å². The molecular weight excluding hydrogens is 458 g/mol. The molecule has 0 aromatic heterocycles. The number of hydrogen-bond donors (Lipinski definition) is 4. The molecule has 0 saturated carbocycles. The number of thioether (sulfide) groups is 1. The number of carboxylic acids is 2. The van der Waals surface area contributed by atoms with Gasteiger partial charge in [-0.3, -0.25) is 29.4 Å². The number of carbonyl (C=O) groups excluding carboxylic acids is 2. The summed E-state index contributed by atoms with van der Waals surface area (Å²) < 4.78 is 0. The van der Waals surface area contributed by atoms with Crippen molar-refractivity contribution in [3.63, 3.8) is 0 Å². The van der Waals surface area contributed by atoms with Crippen LogP contribution >= 0.6 is 11.8 Å². The number of rotatable bonds is 11. The van der Waals surface area contributed by atoms with E-state index >= 15 is 0 Å². The first-order chi connectivity index (χ1) is 16.4. The molecule has 0 aliphatic carbocycles. The van der Waals surface area contributed by atoms with Crippen LogP contribution in [0.15, 0.2) is 59.5 Å². The van der Waals surface area contributed by atoms with Crippen LogP contribution < -0.4 is 15.5 Å². The van der Waals surface area contributed by atoms with Crippen LogP contribution in [0.3, 0.4) is 0 Å². The number of amides is 2. The SMILES string of the molecule is O=C(O)CN1C(=O)C(N[C@H](CCCCNC(=O)c2ccccc2)C(=O)O)CSc2ccccc21. The number of anilines is 1. The summed E-state index contributed by atoms with van der Waals surface area (Å²) >= 11 is 1.38. The molecule has 180 valence electrons. The highest BCUT2D eigenvalue weighted by atomic mass is 32.2. The molecule has 3 rings (SSSR count). The van der Waals surface area contributed by atoms with Crippen molar-refractivity contribution in [3.05, 3.63) is 60.2 Å². The number of hydrogen-bond acceptors (Lipinski definition) is 6. The molecule has 0 saturated heterocycles. The van der Waals surface area contributed by atoms with Crippen molar-refractivity contribution in [2.24, 2.45) is 0 Å². The summed E-state index contributed by atoms with van der Waals surface area (Å²) in [6.07, 6.45) is 1.36. The lowest BCUT2D eigenvalue weighted by atomic mass is 10.1. The minimum atomic E-state index is -1.15. The third-order valence-electron chi connectivity index (χ3n) is 5.36. The standard InChI is InChI=1S/C24H27N3O6S/c28-21(29)14-27-19-11-4-5-12-20(19)34-15-18(23(27)31)26-17(24(32)33)10-6-7-13-25-22(30)16-8-2-1-3-9-16/h1-5,8-9,11-12,17-18,26H,6-7,10,13-15H2,(H,25,30)(H,28,29)(H,32,33)/t17-,18?/m1/s1. The van der Waals surface area contributed by atoms with E-state index in [0.717, 1.165) is 4.90 Å². The van der Waals surface area contributed by atoms with Crippen molar-refractivity contribution in [1.29, 1.82) is 0 Å². The van der Waals surface area contributed by atoms with Gasteiger partial charge in [-0.05, 0) is 43.5 Å². The lowest BCUT2D eigenvalue weighted by Crippen LogP contribution is -2.53. The summed E-state index contributed by atoms with van der Waals surface area (Å²) in [4.78, 5) is 50.4. The van der Waals surface area contributed by atoms with E-state index in [1.54, 1.807) is 42.5 Å². The second kappa shape index (κ2) is 12.2. The summed E-state index contributed by atoms with van der Waals surface area (Å²) in [5.74, 6) is -2.62. The average molecular weight is 486 g/mol. The largest absolute Gasteiger partial charge is 0.480 e. The highest BCUT2D eigenvalue weighted by Crippen LogP contribution is 2.34. The Kier molecular flexibility index (Phi) is 9.06. The zero-order chi connectivity index (χ0) is 24.5. The van der Waals surface area contributed by atoms with E-state index in [1.807, 2.05) is 12.1 Å². The van der Waals surface area contributed by atoms with Crippen LogP contribution in [0.4, 0.5) is 5.69 Å². The summed E-state index contributed by atoms with van der Waals surface area (Å²) in [6.45, 7) is -0.104. The van der Waals surface area contributed by atoms with Gasteiger partial charge in [-0.2, -0.15) is 0 Å². The molecule has 1 heterocycles. The molecule has 2 aromatic rings. The molecule has 0 fully saturated rings. The molecule has 2 aromatic carbocycles. The summed E-state index contributed by atoms with van der Waals surface area (Å²) in [5.41, 5.74) is 1.06. The minimum absolute atomic E-state index is 0.187. The normalized spacial score (nSPS) is 16.3. The summed E-state index contributed by atoms with van der Waals surface area (Å²) in [7, 11) is 0. The second-order valence-electron chi connectivity index (χ2n) is 7.82. The molecule has 34 heavy (non-hydrogen) atoms. The molecule has 1 aliphatic heterocycles. The lowest BCUT2D eigenvalue weighted by molar-refractivity contribution is -0.140.